The molecule has 3 nitrogen and oxygen atoms in total. The summed E-state index contributed by atoms with van der Waals surface area (Å²) in [6, 6.07) is 4.45. The first-order valence-corrected chi connectivity index (χ1v) is 6.12. The van der Waals surface area contributed by atoms with Gasteiger partial charge in [-0.05, 0) is 38.3 Å². The largest absolute Gasteiger partial charge is 0.393 e. The molecule has 0 radical (unpaired) electrons. The molecular weight excluding hydrogens is 233 g/mol. The van der Waals surface area contributed by atoms with Crippen molar-refractivity contribution in [3.05, 3.63) is 35.1 Å². The molecule has 1 rings (SSSR count). The third-order valence-electron chi connectivity index (χ3n) is 2.72. The first-order valence-electron chi connectivity index (χ1n) is 6.12. The summed E-state index contributed by atoms with van der Waals surface area (Å²) in [4.78, 5) is 11.8. The highest BCUT2D eigenvalue weighted by molar-refractivity contribution is 5.94. The van der Waals surface area contributed by atoms with Crippen molar-refractivity contribution in [2.24, 2.45) is 5.92 Å². The molecule has 0 saturated carbocycles. The van der Waals surface area contributed by atoms with E-state index < -0.39 is 17.8 Å². The number of benzene rings is 1. The maximum absolute atomic E-state index is 13.5. The lowest BCUT2D eigenvalue weighted by Gasteiger charge is -2.14. The monoisotopic (exact) mass is 253 g/mol. The number of aliphatic hydroxyl groups excluding tert-OH is 1. The lowest BCUT2D eigenvalue weighted by Crippen LogP contribution is -2.30. The van der Waals surface area contributed by atoms with Crippen molar-refractivity contribution in [1.29, 1.82) is 0 Å². The van der Waals surface area contributed by atoms with Crippen LogP contribution < -0.4 is 5.32 Å². The minimum absolute atomic E-state index is 0.0687. The van der Waals surface area contributed by atoms with Gasteiger partial charge >= 0.3 is 0 Å². The summed E-state index contributed by atoms with van der Waals surface area (Å²) >= 11 is 0. The van der Waals surface area contributed by atoms with Gasteiger partial charge in [-0.3, -0.25) is 4.79 Å². The van der Waals surface area contributed by atoms with E-state index in [0.29, 0.717) is 13.0 Å². The van der Waals surface area contributed by atoms with Crippen molar-refractivity contribution >= 4 is 5.91 Å². The molecule has 0 spiro atoms. The highest BCUT2D eigenvalue weighted by Crippen LogP contribution is 2.10. The maximum Gasteiger partial charge on any atom is 0.254 e. The molecule has 0 heterocycles. The predicted molar refractivity (Wildman–Crippen MR) is 68.9 cm³/mol. The fourth-order valence-electron chi connectivity index (χ4n) is 1.84. The SMILES string of the molecule is Cc1ccc(F)c(C(=O)NCC(C)CC(C)O)c1. The van der Waals surface area contributed by atoms with Gasteiger partial charge in [0, 0.05) is 6.54 Å². The first kappa shape index (κ1) is 14.6. The van der Waals surface area contributed by atoms with E-state index in [2.05, 4.69) is 5.32 Å². The number of aryl methyl sites for hydroxylation is 1. The van der Waals surface area contributed by atoms with Crippen molar-refractivity contribution < 1.29 is 14.3 Å². The van der Waals surface area contributed by atoms with E-state index in [-0.39, 0.29) is 11.5 Å². The Morgan fingerprint density at radius 3 is 2.72 bits per heavy atom. The van der Waals surface area contributed by atoms with Crippen LogP contribution in [0.4, 0.5) is 4.39 Å². The Morgan fingerprint density at radius 1 is 1.44 bits per heavy atom. The fourth-order valence-corrected chi connectivity index (χ4v) is 1.84. The third kappa shape index (κ3) is 4.45. The van der Waals surface area contributed by atoms with Crippen LogP contribution in [0.2, 0.25) is 0 Å². The van der Waals surface area contributed by atoms with Crippen LogP contribution in [0.5, 0.6) is 0 Å². The Balaban J connectivity index is 2.58. The van der Waals surface area contributed by atoms with Crippen LogP contribution >= 0.6 is 0 Å². The first-order chi connectivity index (χ1) is 8.40. The topological polar surface area (TPSA) is 49.3 Å². The van der Waals surface area contributed by atoms with Gasteiger partial charge < -0.3 is 10.4 Å². The Hall–Kier alpha value is -1.42. The molecular formula is C14H20FNO2. The second-order valence-corrected chi connectivity index (χ2v) is 4.88. The minimum Gasteiger partial charge on any atom is -0.393 e. The third-order valence-corrected chi connectivity index (χ3v) is 2.72. The minimum atomic E-state index is -0.513. The molecule has 0 aliphatic rings. The van der Waals surface area contributed by atoms with E-state index in [0.717, 1.165) is 5.56 Å². The van der Waals surface area contributed by atoms with E-state index in [1.807, 2.05) is 13.8 Å². The molecule has 0 fully saturated rings. The van der Waals surface area contributed by atoms with E-state index >= 15 is 0 Å². The normalized spacial score (nSPS) is 14.1. The van der Waals surface area contributed by atoms with Crippen molar-refractivity contribution in [2.45, 2.75) is 33.3 Å². The zero-order valence-corrected chi connectivity index (χ0v) is 11.0. The average Bonchev–Trinajstić information content (AvgIpc) is 2.28. The van der Waals surface area contributed by atoms with Crippen molar-refractivity contribution in [1.82, 2.24) is 5.32 Å². The summed E-state index contributed by atoms with van der Waals surface area (Å²) in [5, 5.41) is 11.9. The lowest BCUT2D eigenvalue weighted by atomic mass is 10.0. The highest BCUT2D eigenvalue weighted by atomic mass is 19.1. The maximum atomic E-state index is 13.5. The molecule has 100 valence electrons. The number of carbonyl (C=O) groups is 1. The van der Waals surface area contributed by atoms with Crippen LogP contribution in [0.25, 0.3) is 0 Å². The second-order valence-electron chi connectivity index (χ2n) is 4.88. The Labute approximate surface area is 107 Å². The van der Waals surface area contributed by atoms with Crippen LogP contribution in [-0.2, 0) is 0 Å². The van der Waals surface area contributed by atoms with Gasteiger partial charge in [-0.15, -0.1) is 0 Å². The Morgan fingerprint density at radius 2 is 2.11 bits per heavy atom. The second kappa shape index (κ2) is 6.50. The summed E-state index contributed by atoms with van der Waals surface area (Å²) < 4.78 is 13.5. The molecule has 2 N–H and O–H groups in total. The Bertz CT molecular complexity index is 418. The molecule has 2 unspecified atom stereocenters. The van der Waals surface area contributed by atoms with Crippen LogP contribution in [0.3, 0.4) is 0 Å². The molecule has 1 amide bonds. The summed E-state index contributed by atoms with van der Waals surface area (Å²) in [6.45, 7) is 5.88. The lowest BCUT2D eigenvalue weighted by molar-refractivity contribution is 0.0935. The van der Waals surface area contributed by atoms with E-state index in [1.165, 1.54) is 12.1 Å². The van der Waals surface area contributed by atoms with Crippen molar-refractivity contribution in [2.75, 3.05) is 6.54 Å². The van der Waals surface area contributed by atoms with Crippen LogP contribution in [0.1, 0.15) is 36.2 Å². The molecule has 0 aliphatic heterocycles. The number of aliphatic hydroxyl groups is 1. The molecule has 2 atom stereocenters. The van der Waals surface area contributed by atoms with Crippen LogP contribution in [0.15, 0.2) is 18.2 Å². The molecule has 0 aliphatic carbocycles. The molecule has 0 saturated heterocycles. The number of halogens is 1. The molecule has 0 aromatic heterocycles. The number of amides is 1. The number of hydrogen-bond acceptors (Lipinski definition) is 2. The summed E-state index contributed by atoms with van der Waals surface area (Å²) in [7, 11) is 0. The summed E-state index contributed by atoms with van der Waals surface area (Å²) in [5.41, 5.74) is 0.915. The van der Waals surface area contributed by atoms with Gasteiger partial charge in [0.2, 0.25) is 0 Å². The van der Waals surface area contributed by atoms with Crippen LogP contribution in [-0.4, -0.2) is 23.7 Å². The van der Waals surface area contributed by atoms with Crippen molar-refractivity contribution in [3.63, 3.8) is 0 Å². The quantitative estimate of drug-likeness (QED) is 0.845. The number of carbonyl (C=O) groups excluding carboxylic acids is 1. The van der Waals surface area contributed by atoms with E-state index in [1.54, 1.807) is 13.0 Å². The van der Waals surface area contributed by atoms with E-state index in [4.69, 9.17) is 0 Å². The average molecular weight is 253 g/mol. The molecule has 4 heteroatoms. The Kier molecular flexibility index (Phi) is 5.28. The smallest absolute Gasteiger partial charge is 0.254 e. The summed E-state index contributed by atoms with van der Waals surface area (Å²) in [6.07, 6.45) is 0.212. The molecule has 1 aromatic carbocycles. The number of nitrogens with one attached hydrogen (secondary N) is 1. The molecule has 18 heavy (non-hydrogen) atoms. The standard InChI is InChI=1S/C14H20FNO2/c1-9-4-5-13(15)12(7-9)14(18)16-8-10(2)6-11(3)17/h4-5,7,10-11,17H,6,8H2,1-3H3,(H,16,18). The van der Waals surface area contributed by atoms with Gasteiger partial charge in [-0.1, -0.05) is 18.6 Å². The zero-order valence-electron chi connectivity index (χ0n) is 11.0. The van der Waals surface area contributed by atoms with Gasteiger partial charge in [-0.2, -0.15) is 0 Å². The van der Waals surface area contributed by atoms with Gasteiger partial charge in [-0.25, -0.2) is 4.39 Å². The van der Waals surface area contributed by atoms with Gasteiger partial charge in [0.1, 0.15) is 5.82 Å². The zero-order chi connectivity index (χ0) is 13.7. The van der Waals surface area contributed by atoms with Crippen LogP contribution in [0, 0.1) is 18.7 Å². The van der Waals surface area contributed by atoms with Gasteiger partial charge in [0.15, 0.2) is 0 Å². The predicted octanol–water partition coefficient (Wildman–Crippen LogP) is 2.27. The van der Waals surface area contributed by atoms with Crippen molar-refractivity contribution in [3.8, 4) is 0 Å². The van der Waals surface area contributed by atoms with Gasteiger partial charge in [0.05, 0.1) is 11.7 Å². The fraction of sp³-hybridized carbons (Fsp3) is 0.500. The molecule has 0 bridgehead atoms. The number of rotatable bonds is 5. The number of hydrogen-bond donors (Lipinski definition) is 2. The molecule has 1 aromatic rings. The summed E-state index contributed by atoms with van der Waals surface area (Å²) in [5.74, 6) is -0.767. The van der Waals surface area contributed by atoms with E-state index in [9.17, 15) is 14.3 Å². The highest BCUT2D eigenvalue weighted by Gasteiger charge is 2.13. The van der Waals surface area contributed by atoms with Gasteiger partial charge in [0.25, 0.3) is 5.91 Å².